The summed E-state index contributed by atoms with van der Waals surface area (Å²) in [5, 5.41) is 3.23. The quantitative estimate of drug-likeness (QED) is 0.846. The van der Waals surface area contributed by atoms with Gasteiger partial charge in [0.15, 0.2) is 0 Å². The molecule has 3 nitrogen and oxygen atoms in total. The molecule has 1 aromatic heterocycles. The van der Waals surface area contributed by atoms with Crippen LogP contribution in [0.3, 0.4) is 0 Å². The Labute approximate surface area is 102 Å². The number of aryl methyl sites for hydroxylation is 2. The molecule has 3 N–H and O–H groups in total. The number of hydrogen-bond acceptors (Lipinski definition) is 3. The molecule has 0 radical (unpaired) electrons. The summed E-state index contributed by atoms with van der Waals surface area (Å²) in [5.74, 6) is 0.775. The maximum Gasteiger partial charge on any atom is 0.132 e. The molecule has 1 heterocycles. The summed E-state index contributed by atoms with van der Waals surface area (Å²) in [4.78, 5) is 4.29. The smallest absolute Gasteiger partial charge is 0.132 e. The molecule has 0 fully saturated rings. The van der Waals surface area contributed by atoms with E-state index in [0.29, 0.717) is 0 Å². The number of hydrogen-bond donors (Lipinski definition) is 2. The molecule has 0 amide bonds. The second-order valence-electron chi connectivity index (χ2n) is 4.10. The van der Waals surface area contributed by atoms with Gasteiger partial charge in [-0.25, -0.2) is 4.98 Å². The van der Waals surface area contributed by atoms with Crippen LogP contribution in [0.2, 0.25) is 0 Å². The third-order valence-electron chi connectivity index (χ3n) is 2.78. The maximum absolute atomic E-state index is 5.84. The molecule has 1 aromatic carbocycles. The topological polar surface area (TPSA) is 50.9 Å². The lowest BCUT2D eigenvalue weighted by Crippen LogP contribution is -1.97. The SMILES string of the molecule is CCc1ccc(Nc2cc(N)c(C)cn2)cc1. The van der Waals surface area contributed by atoms with Gasteiger partial charge in [-0.15, -0.1) is 0 Å². The second kappa shape index (κ2) is 4.87. The van der Waals surface area contributed by atoms with E-state index in [4.69, 9.17) is 5.73 Å². The Hall–Kier alpha value is -2.03. The highest BCUT2D eigenvalue weighted by Gasteiger charge is 1.99. The Balaban J connectivity index is 2.16. The highest BCUT2D eigenvalue weighted by atomic mass is 15.0. The molecular weight excluding hydrogens is 210 g/mol. The number of nitrogens with two attached hydrogens (primary N) is 1. The van der Waals surface area contributed by atoms with E-state index >= 15 is 0 Å². The summed E-state index contributed by atoms with van der Waals surface area (Å²) in [6.07, 6.45) is 2.83. The van der Waals surface area contributed by atoms with E-state index in [1.807, 2.05) is 13.0 Å². The van der Waals surface area contributed by atoms with Crippen molar-refractivity contribution in [3.8, 4) is 0 Å². The van der Waals surface area contributed by atoms with E-state index in [1.165, 1.54) is 5.56 Å². The average molecular weight is 227 g/mol. The Morgan fingerprint density at radius 1 is 1.24 bits per heavy atom. The molecule has 0 atom stereocenters. The van der Waals surface area contributed by atoms with Crippen molar-refractivity contribution in [2.45, 2.75) is 20.3 Å². The summed E-state index contributed by atoms with van der Waals surface area (Å²) in [5.41, 5.74) is 9.95. The van der Waals surface area contributed by atoms with Gasteiger partial charge in [0, 0.05) is 23.6 Å². The third kappa shape index (κ3) is 2.75. The first-order valence-corrected chi connectivity index (χ1v) is 5.77. The second-order valence-corrected chi connectivity index (χ2v) is 4.10. The fourth-order valence-corrected chi connectivity index (χ4v) is 1.58. The highest BCUT2D eigenvalue weighted by Crippen LogP contribution is 2.19. The lowest BCUT2D eigenvalue weighted by molar-refractivity contribution is 1.14. The first-order chi connectivity index (χ1) is 8.19. The number of anilines is 3. The van der Waals surface area contributed by atoms with E-state index < -0.39 is 0 Å². The van der Waals surface area contributed by atoms with Crippen molar-refractivity contribution in [2.75, 3.05) is 11.1 Å². The van der Waals surface area contributed by atoms with Crippen LogP contribution in [-0.4, -0.2) is 4.98 Å². The number of nitrogens with one attached hydrogen (secondary N) is 1. The zero-order valence-electron chi connectivity index (χ0n) is 10.2. The molecule has 3 heteroatoms. The molecule has 0 bridgehead atoms. The molecule has 0 aliphatic rings. The fraction of sp³-hybridized carbons (Fsp3) is 0.214. The number of pyridine rings is 1. The van der Waals surface area contributed by atoms with Gasteiger partial charge in [0.1, 0.15) is 5.82 Å². The lowest BCUT2D eigenvalue weighted by atomic mass is 10.1. The fourth-order valence-electron chi connectivity index (χ4n) is 1.58. The number of aromatic nitrogens is 1. The van der Waals surface area contributed by atoms with Crippen LogP contribution in [0.4, 0.5) is 17.2 Å². The van der Waals surface area contributed by atoms with Crippen molar-refractivity contribution >= 4 is 17.2 Å². The van der Waals surface area contributed by atoms with Crippen molar-refractivity contribution in [3.63, 3.8) is 0 Å². The molecule has 88 valence electrons. The van der Waals surface area contributed by atoms with E-state index in [9.17, 15) is 0 Å². The normalized spacial score (nSPS) is 10.2. The van der Waals surface area contributed by atoms with Gasteiger partial charge in [-0.3, -0.25) is 0 Å². The number of nitrogens with zero attached hydrogens (tertiary/aromatic N) is 1. The Morgan fingerprint density at radius 3 is 2.53 bits per heavy atom. The van der Waals surface area contributed by atoms with Crippen molar-refractivity contribution < 1.29 is 0 Å². The van der Waals surface area contributed by atoms with Gasteiger partial charge in [-0.05, 0) is 36.6 Å². The molecule has 2 rings (SSSR count). The van der Waals surface area contributed by atoms with Gasteiger partial charge >= 0.3 is 0 Å². The predicted molar refractivity (Wildman–Crippen MR) is 72.5 cm³/mol. The minimum Gasteiger partial charge on any atom is -0.398 e. The van der Waals surface area contributed by atoms with Crippen molar-refractivity contribution in [1.82, 2.24) is 4.98 Å². The molecule has 0 aliphatic carbocycles. The van der Waals surface area contributed by atoms with Crippen LogP contribution in [0.5, 0.6) is 0 Å². The molecule has 0 unspecified atom stereocenters. The van der Waals surface area contributed by atoms with Crippen LogP contribution in [0.25, 0.3) is 0 Å². The zero-order valence-corrected chi connectivity index (χ0v) is 10.2. The first kappa shape index (κ1) is 11.5. The van der Waals surface area contributed by atoms with Gasteiger partial charge in [0.2, 0.25) is 0 Å². The summed E-state index contributed by atoms with van der Waals surface area (Å²) < 4.78 is 0. The predicted octanol–water partition coefficient (Wildman–Crippen LogP) is 3.28. The zero-order chi connectivity index (χ0) is 12.3. The van der Waals surface area contributed by atoms with Crippen LogP contribution in [-0.2, 0) is 6.42 Å². The molecule has 0 spiro atoms. The first-order valence-electron chi connectivity index (χ1n) is 5.77. The minimum atomic E-state index is 0.757. The molecule has 17 heavy (non-hydrogen) atoms. The van der Waals surface area contributed by atoms with Crippen LogP contribution < -0.4 is 11.1 Å². The molecule has 0 aliphatic heterocycles. The summed E-state index contributed by atoms with van der Waals surface area (Å²) in [6, 6.07) is 10.2. The average Bonchev–Trinajstić information content (AvgIpc) is 2.35. The highest BCUT2D eigenvalue weighted by molar-refractivity contribution is 5.61. The molecular formula is C14H17N3. The summed E-state index contributed by atoms with van der Waals surface area (Å²) in [6.45, 7) is 4.09. The van der Waals surface area contributed by atoms with E-state index in [0.717, 1.165) is 29.2 Å². The lowest BCUT2D eigenvalue weighted by Gasteiger charge is -2.08. The van der Waals surface area contributed by atoms with Crippen LogP contribution in [0, 0.1) is 6.92 Å². The number of nitrogen functional groups attached to an aromatic ring is 1. The van der Waals surface area contributed by atoms with Gasteiger partial charge in [0.05, 0.1) is 0 Å². The largest absolute Gasteiger partial charge is 0.398 e. The summed E-state index contributed by atoms with van der Waals surface area (Å²) >= 11 is 0. The van der Waals surface area contributed by atoms with E-state index in [-0.39, 0.29) is 0 Å². The van der Waals surface area contributed by atoms with Crippen molar-refractivity contribution in [1.29, 1.82) is 0 Å². The minimum absolute atomic E-state index is 0.757. The molecule has 0 saturated carbocycles. The summed E-state index contributed by atoms with van der Waals surface area (Å²) in [7, 11) is 0. The van der Waals surface area contributed by atoms with Crippen molar-refractivity contribution in [3.05, 3.63) is 47.7 Å². The van der Waals surface area contributed by atoms with Crippen molar-refractivity contribution in [2.24, 2.45) is 0 Å². The van der Waals surface area contributed by atoms with Crippen LogP contribution in [0.15, 0.2) is 36.5 Å². The van der Waals surface area contributed by atoms with Gasteiger partial charge in [0.25, 0.3) is 0 Å². The van der Waals surface area contributed by atoms with Gasteiger partial charge in [-0.1, -0.05) is 19.1 Å². The van der Waals surface area contributed by atoms with E-state index in [1.54, 1.807) is 6.20 Å². The molecule has 2 aromatic rings. The van der Waals surface area contributed by atoms with Crippen LogP contribution in [0.1, 0.15) is 18.1 Å². The third-order valence-corrected chi connectivity index (χ3v) is 2.78. The molecule has 0 saturated heterocycles. The Kier molecular flexibility index (Phi) is 3.28. The standard InChI is InChI=1S/C14H17N3/c1-3-11-4-6-12(7-5-11)17-14-8-13(15)10(2)9-16-14/h4-9H,3H2,1-2H3,(H3,15,16,17). The number of benzene rings is 1. The monoisotopic (exact) mass is 227 g/mol. The van der Waals surface area contributed by atoms with Gasteiger partial charge in [-0.2, -0.15) is 0 Å². The number of rotatable bonds is 3. The van der Waals surface area contributed by atoms with Crippen LogP contribution >= 0.6 is 0 Å². The Bertz CT molecular complexity index is 503. The maximum atomic E-state index is 5.84. The van der Waals surface area contributed by atoms with Gasteiger partial charge < -0.3 is 11.1 Å². The Morgan fingerprint density at radius 2 is 1.94 bits per heavy atom. The van der Waals surface area contributed by atoms with E-state index in [2.05, 4.69) is 41.5 Å².